The molecule has 1 aromatic heterocycles. The minimum atomic E-state index is 0.726. The molecule has 122 valence electrons. The fourth-order valence-electron chi connectivity index (χ4n) is 4.19. The van der Waals surface area contributed by atoms with E-state index in [2.05, 4.69) is 60.7 Å². The van der Waals surface area contributed by atoms with Gasteiger partial charge < -0.3 is 4.42 Å². The van der Waals surface area contributed by atoms with E-state index < -0.39 is 0 Å². The Morgan fingerprint density at radius 1 is 0.538 bits per heavy atom. The van der Waals surface area contributed by atoms with Crippen LogP contribution >= 0.6 is 11.6 Å². The standard InChI is InChI=1S/C24H13ClO/c25-14-9-12-22-21(13-14)20-11-10-19-17-7-2-1-5-15(17)16-6-3-4-8-18(16)23(19)24(20)26-22/h1-13H. The highest BCUT2D eigenvalue weighted by Crippen LogP contribution is 2.41. The summed E-state index contributed by atoms with van der Waals surface area (Å²) in [6, 6.07) is 27.3. The fourth-order valence-corrected chi connectivity index (χ4v) is 4.37. The molecule has 0 fully saturated rings. The highest BCUT2D eigenvalue weighted by Gasteiger charge is 2.15. The second kappa shape index (κ2) is 5.00. The van der Waals surface area contributed by atoms with E-state index in [9.17, 15) is 0 Å². The van der Waals surface area contributed by atoms with Crippen molar-refractivity contribution in [2.75, 3.05) is 0 Å². The molecule has 0 aliphatic rings. The summed E-state index contributed by atoms with van der Waals surface area (Å²) in [5.74, 6) is 0. The van der Waals surface area contributed by atoms with Crippen molar-refractivity contribution in [1.82, 2.24) is 0 Å². The van der Waals surface area contributed by atoms with Crippen molar-refractivity contribution in [2.45, 2.75) is 0 Å². The summed E-state index contributed by atoms with van der Waals surface area (Å²) >= 11 is 6.23. The largest absolute Gasteiger partial charge is 0.455 e. The lowest BCUT2D eigenvalue weighted by Gasteiger charge is -2.10. The van der Waals surface area contributed by atoms with Crippen LogP contribution in [-0.4, -0.2) is 0 Å². The van der Waals surface area contributed by atoms with Crippen molar-refractivity contribution >= 4 is 65.9 Å². The first-order chi connectivity index (χ1) is 12.8. The predicted octanol–water partition coefficient (Wildman–Crippen LogP) is 7.70. The monoisotopic (exact) mass is 352 g/mol. The first-order valence-electron chi connectivity index (χ1n) is 8.65. The molecule has 0 radical (unpaired) electrons. The Hall–Kier alpha value is -3.03. The van der Waals surface area contributed by atoms with Gasteiger partial charge >= 0.3 is 0 Å². The molecule has 0 amide bonds. The molecule has 26 heavy (non-hydrogen) atoms. The van der Waals surface area contributed by atoms with Crippen LogP contribution in [0.1, 0.15) is 0 Å². The van der Waals surface area contributed by atoms with Crippen molar-refractivity contribution in [3.05, 3.63) is 83.9 Å². The van der Waals surface area contributed by atoms with Gasteiger partial charge in [0.25, 0.3) is 0 Å². The normalized spacial score (nSPS) is 12.0. The van der Waals surface area contributed by atoms with Gasteiger partial charge in [-0.3, -0.25) is 0 Å². The van der Waals surface area contributed by atoms with Gasteiger partial charge in [-0.1, -0.05) is 66.2 Å². The summed E-state index contributed by atoms with van der Waals surface area (Å²) in [5.41, 5.74) is 1.80. The Labute approximate surface area is 154 Å². The third-order valence-corrected chi connectivity index (χ3v) is 5.54. The van der Waals surface area contributed by atoms with Crippen LogP contribution < -0.4 is 0 Å². The fraction of sp³-hybridized carbons (Fsp3) is 0. The zero-order valence-corrected chi connectivity index (χ0v) is 14.5. The summed E-state index contributed by atoms with van der Waals surface area (Å²) in [6.45, 7) is 0. The number of hydrogen-bond donors (Lipinski definition) is 0. The maximum atomic E-state index is 6.32. The lowest BCUT2D eigenvalue weighted by Crippen LogP contribution is -1.83. The molecule has 0 N–H and O–H groups in total. The lowest BCUT2D eigenvalue weighted by atomic mass is 9.93. The van der Waals surface area contributed by atoms with E-state index in [-0.39, 0.29) is 0 Å². The zero-order valence-electron chi connectivity index (χ0n) is 13.8. The van der Waals surface area contributed by atoms with Crippen LogP contribution in [0.3, 0.4) is 0 Å². The van der Waals surface area contributed by atoms with E-state index in [1.807, 2.05) is 18.2 Å². The molecule has 0 atom stereocenters. The topological polar surface area (TPSA) is 13.1 Å². The maximum Gasteiger partial charge on any atom is 0.143 e. The van der Waals surface area contributed by atoms with Crippen molar-refractivity contribution in [3.8, 4) is 0 Å². The maximum absolute atomic E-state index is 6.32. The van der Waals surface area contributed by atoms with E-state index in [1.165, 1.54) is 32.3 Å². The second-order valence-corrected chi connectivity index (χ2v) is 7.13. The second-order valence-electron chi connectivity index (χ2n) is 6.70. The smallest absolute Gasteiger partial charge is 0.143 e. The molecule has 0 aliphatic carbocycles. The van der Waals surface area contributed by atoms with Gasteiger partial charge in [0.05, 0.1) is 0 Å². The Bertz CT molecular complexity index is 1460. The number of benzene rings is 5. The molecule has 0 unspecified atom stereocenters. The van der Waals surface area contributed by atoms with Gasteiger partial charge in [-0.25, -0.2) is 0 Å². The van der Waals surface area contributed by atoms with Crippen LogP contribution in [0.5, 0.6) is 0 Å². The average Bonchev–Trinajstić information content (AvgIpc) is 3.06. The summed E-state index contributed by atoms with van der Waals surface area (Å²) in [6.07, 6.45) is 0. The third-order valence-electron chi connectivity index (χ3n) is 5.31. The van der Waals surface area contributed by atoms with Crippen molar-refractivity contribution in [3.63, 3.8) is 0 Å². The first kappa shape index (κ1) is 14.2. The van der Waals surface area contributed by atoms with Crippen LogP contribution in [-0.2, 0) is 0 Å². The Balaban J connectivity index is 1.98. The van der Waals surface area contributed by atoms with Gasteiger partial charge in [0.2, 0.25) is 0 Å². The molecule has 5 aromatic carbocycles. The van der Waals surface area contributed by atoms with E-state index >= 15 is 0 Å². The summed E-state index contributed by atoms with van der Waals surface area (Å²) in [5, 5.41) is 10.3. The Kier molecular flexibility index (Phi) is 2.72. The number of halogens is 1. The van der Waals surface area contributed by atoms with Gasteiger partial charge in [0.15, 0.2) is 0 Å². The van der Waals surface area contributed by atoms with Crippen LogP contribution in [0.25, 0.3) is 54.3 Å². The molecule has 0 saturated carbocycles. The van der Waals surface area contributed by atoms with Gasteiger partial charge in [0, 0.05) is 21.2 Å². The molecule has 0 spiro atoms. The summed E-state index contributed by atoms with van der Waals surface area (Å²) in [7, 11) is 0. The Morgan fingerprint density at radius 2 is 1.12 bits per heavy atom. The highest BCUT2D eigenvalue weighted by molar-refractivity contribution is 6.34. The lowest BCUT2D eigenvalue weighted by molar-refractivity contribution is 0.673. The Morgan fingerprint density at radius 3 is 1.85 bits per heavy atom. The molecule has 1 heterocycles. The average molecular weight is 353 g/mol. The zero-order chi connectivity index (χ0) is 17.3. The van der Waals surface area contributed by atoms with E-state index in [1.54, 1.807) is 0 Å². The molecule has 2 heteroatoms. The quantitative estimate of drug-likeness (QED) is 0.255. The SMILES string of the molecule is Clc1ccc2oc3c(ccc4c5ccccc5c5ccccc5c43)c2c1. The first-order valence-corrected chi connectivity index (χ1v) is 9.03. The molecule has 0 saturated heterocycles. The number of furan rings is 1. The van der Waals surface area contributed by atoms with E-state index in [0.717, 1.165) is 27.0 Å². The van der Waals surface area contributed by atoms with Gasteiger partial charge in [-0.2, -0.15) is 0 Å². The highest BCUT2D eigenvalue weighted by atomic mass is 35.5. The molecule has 6 rings (SSSR count). The van der Waals surface area contributed by atoms with Gasteiger partial charge in [0.1, 0.15) is 11.2 Å². The summed E-state index contributed by atoms with van der Waals surface area (Å²) < 4.78 is 6.32. The summed E-state index contributed by atoms with van der Waals surface area (Å²) in [4.78, 5) is 0. The van der Waals surface area contributed by atoms with Crippen molar-refractivity contribution in [1.29, 1.82) is 0 Å². The van der Waals surface area contributed by atoms with Crippen LogP contribution in [0.4, 0.5) is 0 Å². The minimum absolute atomic E-state index is 0.726. The molecular formula is C24H13ClO. The number of hydrogen-bond acceptors (Lipinski definition) is 1. The predicted molar refractivity (Wildman–Crippen MR) is 111 cm³/mol. The van der Waals surface area contributed by atoms with Crippen LogP contribution in [0, 0.1) is 0 Å². The van der Waals surface area contributed by atoms with Crippen molar-refractivity contribution < 1.29 is 4.42 Å². The third kappa shape index (κ3) is 1.76. The number of rotatable bonds is 0. The molecular weight excluding hydrogens is 340 g/mol. The van der Waals surface area contributed by atoms with Crippen molar-refractivity contribution in [2.24, 2.45) is 0 Å². The molecule has 0 bridgehead atoms. The van der Waals surface area contributed by atoms with E-state index in [4.69, 9.17) is 16.0 Å². The van der Waals surface area contributed by atoms with Gasteiger partial charge in [-0.05, 0) is 51.2 Å². The van der Waals surface area contributed by atoms with Crippen LogP contribution in [0.15, 0.2) is 83.3 Å². The van der Waals surface area contributed by atoms with Gasteiger partial charge in [-0.15, -0.1) is 0 Å². The molecule has 6 aromatic rings. The van der Waals surface area contributed by atoms with Crippen LogP contribution in [0.2, 0.25) is 5.02 Å². The molecule has 1 nitrogen and oxygen atoms in total. The minimum Gasteiger partial charge on any atom is -0.455 e. The molecule has 0 aliphatic heterocycles. The van der Waals surface area contributed by atoms with E-state index in [0.29, 0.717) is 0 Å². The number of fused-ring (bicyclic) bond motifs is 10.